The summed E-state index contributed by atoms with van der Waals surface area (Å²) in [7, 11) is -1.19. The molecule has 0 spiro atoms. The highest BCUT2D eigenvalue weighted by molar-refractivity contribution is 7.87. The zero-order chi connectivity index (χ0) is 13.7. The van der Waals surface area contributed by atoms with Crippen molar-refractivity contribution in [2.45, 2.75) is 31.3 Å². The summed E-state index contributed by atoms with van der Waals surface area (Å²) >= 11 is 0. The number of carbonyl (C=O) groups is 1. The fraction of sp³-hybridized carbons (Fsp3) is 0.385. The average Bonchev–Trinajstić information content (AvgIpc) is 2.37. The second kappa shape index (κ2) is 6.31. The molecule has 1 aromatic carbocycles. The predicted molar refractivity (Wildman–Crippen MR) is 72.5 cm³/mol. The summed E-state index contributed by atoms with van der Waals surface area (Å²) in [6, 6.07) is 8.56. The Kier molecular flexibility index (Phi) is 5.05. The lowest BCUT2D eigenvalue weighted by molar-refractivity contribution is -0.115. The zero-order valence-corrected chi connectivity index (χ0v) is 11.5. The van der Waals surface area contributed by atoms with Gasteiger partial charge in [-0.3, -0.25) is 9.00 Å². The summed E-state index contributed by atoms with van der Waals surface area (Å²) in [5.41, 5.74) is 1.14. The Hall–Kier alpha value is -1.67. The molecule has 96 valence electrons. The number of nitrogens with one attached hydrogen (secondary N) is 1. The smallest absolute Gasteiger partial charge is 0.239 e. The maximum Gasteiger partial charge on any atom is 0.239 e. The highest BCUT2D eigenvalue weighted by Crippen LogP contribution is 2.11. The molecule has 0 fully saturated rings. The number of hydrogen-bond donors (Lipinski definition) is 1. The Morgan fingerprint density at radius 1 is 1.28 bits per heavy atom. The molecule has 0 heterocycles. The Labute approximate surface area is 109 Å². The minimum absolute atomic E-state index is 0.0493. The van der Waals surface area contributed by atoms with Crippen LogP contribution in [-0.4, -0.2) is 20.6 Å². The Morgan fingerprint density at radius 3 is 2.28 bits per heavy atom. The van der Waals surface area contributed by atoms with Crippen LogP contribution in [0.2, 0.25) is 0 Å². The van der Waals surface area contributed by atoms with E-state index in [0.717, 1.165) is 0 Å². The monoisotopic (exact) mass is 264 g/mol. The SMILES string of the molecule is CC(C)S(=O)C(C)C(=O)Nc1ccc(C#N)cc1. The predicted octanol–water partition coefficient (Wildman–Crippen LogP) is 2.04. The van der Waals surface area contributed by atoms with E-state index >= 15 is 0 Å². The van der Waals surface area contributed by atoms with Gasteiger partial charge in [-0.15, -0.1) is 0 Å². The lowest BCUT2D eigenvalue weighted by Crippen LogP contribution is -2.32. The second-order valence-electron chi connectivity index (χ2n) is 4.20. The van der Waals surface area contributed by atoms with Gasteiger partial charge in [0, 0.05) is 21.7 Å². The van der Waals surface area contributed by atoms with Crippen LogP contribution >= 0.6 is 0 Å². The van der Waals surface area contributed by atoms with Gasteiger partial charge in [0.05, 0.1) is 11.6 Å². The molecule has 0 radical (unpaired) electrons. The molecule has 0 aliphatic rings. The fourth-order valence-electron chi connectivity index (χ4n) is 1.39. The van der Waals surface area contributed by atoms with Crippen molar-refractivity contribution in [1.82, 2.24) is 0 Å². The van der Waals surface area contributed by atoms with Crippen LogP contribution in [0.5, 0.6) is 0 Å². The Balaban J connectivity index is 2.70. The van der Waals surface area contributed by atoms with Gasteiger partial charge >= 0.3 is 0 Å². The van der Waals surface area contributed by atoms with Crippen molar-refractivity contribution in [2.24, 2.45) is 0 Å². The molecule has 1 amide bonds. The summed E-state index contributed by atoms with van der Waals surface area (Å²) in [6.45, 7) is 5.29. The first-order valence-electron chi connectivity index (χ1n) is 5.66. The summed E-state index contributed by atoms with van der Waals surface area (Å²) in [6.07, 6.45) is 0. The largest absolute Gasteiger partial charge is 0.325 e. The van der Waals surface area contributed by atoms with Gasteiger partial charge in [0.2, 0.25) is 5.91 Å². The van der Waals surface area contributed by atoms with E-state index < -0.39 is 16.0 Å². The minimum Gasteiger partial charge on any atom is -0.325 e. The molecule has 5 heteroatoms. The summed E-state index contributed by atoms with van der Waals surface area (Å²) in [4.78, 5) is 11.8. The van der Waals surface area contributed by atoms with Crippen LogP contribution in [0.4, 0.5) is 5.69 Å². The molecular weight excluding hydrogens is 248 g/mol. The van der Waals surface area contributed by atoms with Crippen molar-refractivity contribution in [1.29, 1.82) is 5.26 Å². The average molecular weight is 264 g/mol. The second-order valence-corrected chi connectivity index (χ2v) is 6.50. The van der Waals surface area contributed by atoms with Gasteiger partial charge in [-0.2, -0.15) is 5.26 Å². The number of nitriles is 1. The number of carbonyl (C=O) groups excluding carboxylic acids is 1. The third-order valence-electron chi connectivity index (χ3n) is 2.46. The van der Waals surface area contributed by atoms with Crippen LogP contribution < -0.4 is 5.32 Å². The van der Waals surface area contributed by atoms with Gasteiger partial charge in [0.25, 0.3) is 0 Å². The van der Waals surface area contributed by atoms with Crippen LogP contribution in [0, 0.1) is 11.3 Å². The Bertz CT molecular complexity index is 489. The third-order valence-corrected chi connectivity index (χ3v) is 4.30. The molecule has 4 nitrogen and oxygen atoms in total. The molecule has 1 aromatic rings. The number of nitrogens with zero attached hydrogens (tertiary/aromatic N) is 1. The number of amides is 1. The summed E-state index contributed by atoms with van der Waals surface area (Å²) in [5.74, 6) is -0.272. The highest BCUT2D eigenvalue weighted by atomic mass is 32.2. The quantitative estimate of drug-likeness (QED) is 0.904. The maximum absolute atomic E-state index is 11.8. The van der Waals surface area contributed by atoms with E-state index in [2.05, 4.69) is 5.32 Å². The van der Waals surface area contributed by atoms with Gasteiger partial charge < -0.3 is 5.32 Å². The molecule has 0 saturated heterocycles. The first-order chi connectivity index (χ1) is 8.45. The van der Waals surface area contributed by atoms with E-state index in [1.54, 1.807) is 31.2 Å². The van der Waals surface area contributed by atoms with Crippen molar-refractivity contribution in [3.63, 3.8) is 0 Å². The van der Waals surface area contributed by atoms with Crippen molar-refractivity contribution in [2.75, 3.05) is 5.32 Å². The van der Waals surface area contributed by atoms with E-state index in [4.69, 9.17) is 5.26 Å². The van der Waals surface area contributed by atoms with Gasteiger partial charge in [0.15, 0.2) is 0 Å². The van der Waals surface area contributed by atoms with Crippen molar-refractivity contribution in [3.8, 4) is 6.07 Å². The molecule has 2 unspecified atom stereocenters. The molecule has 0 aliphatic carbocycles. The first kappa shape index (κ1) is 14.4. The molecule has 0 aromatic heterocycles. The van der Waals surface area contributed by atoms with Gasteiger partial charge in [-0.05, 0) is 31.2 Å². The highest BCUT2D eigenvalue weighted by Gasteiger charge is 2.22. The number of hydrogen-bond acceptors (Lipinski definition) is 3. The summed E-state index contributed by atoms with van der Waals surface area (Å²) in [5, 5.41) is 10.7. The molecule has 18 heavy (non-hydrogen) atoms. The molecule has 1 rings (SSSR count). The minimum atomic E-state index is -1.19. The van der Waals surface area contributed by atoms with E-state index in [9.17, 15) is 9.00 Å². The molecule has 0 bridgehead atoms. The number of benzene rings is 1. The maximum atomic E-state index is 11.8. The Morgan fingerprint density at radius 2 is 1.83 bits per heavy atom. The van der Waals surface area contributed by atoms with Crippen LogP contribution in [0.25, 0.3) is 0 Å². The van der Waals surface area contributed by atoms with Crippen LogP contribution in [0.15, 0.2) is 24.3 Å². The number of rotatable bonds is 4. The van der Waals surface area contributed by atoms with E-state index in [1.165, 1.54) is 0 Å². The van der Waals surface area contributed by atoms with Crippen LogP contribution in [-0.2, 0) is 15.6 Å². The first-order valence-corrected chi connectivity index (χ1v) is 6.93. The van der Waals surface area contributed by atoms with Crippen molar-refractivity contribution < 1.29 is 9.00 Å². The normalized spacial score (nSPS) is 13.7. The van der Waals surface area contributed by atoms with Gasteiger partial charge in [-0.25, -0.2) is 0 Å². The standard InChI is InChI=1S/C13H16N2O2S/c1-9(2)18(17)10(3)13(16)15-12-6-4-11(8-14)5-7-12/h4-7,9-10H,1-3H3,(H,15,16). The molecular formula is C13H16N2O2S. The van der Waals surface area contributed by atoms with Crippen LogP contribution in [0.1, 0.15) is 26.3 Å². The van der Waals surface area contributed by atoms with E-state index in [0.29, 0.717) is 11.3 Å². The topological polar surface area (TPSA) is 70.0 Å². The van der Waals surface area contributed by atoms with Gasteiger partial charge in [-0.1, -0.05) is 13.8 Å². The lowest BCUT2D eigenvalue weighted by Gasteiger charge is -2.14. The lowest BCUT2D eigenvalue weighted by atomic mass is 10.2. The van der Waals surface area contributed by atoms with Crippen LogP contribution in [0.3, 0.4) is 0 Å². The van der Waals surface area contributed by atoms with E-state index in [-0.39, 0.29) is 11.2 Å². The van der Waals surface area contributed by atoms with Crippen molar-refractivity contribution in [3.05, 3.63) is 29.8 Å². The van der Waals surface area contributed by atoms with Crippen molar-refractivity contribution >= 4 is 22.4 Å². The molecule has 2 atom stereocenters. The third kappa shape index (κ3) is 3.67. The zero-order valence-electron chi connectivity index (χ0n) is 10.6. The molecule has 0 aliphatic heterocycles. The molecule has 0 saturated carbocycles. The van der Waals surface area contributed by atoms with Gasteiger partial charge in [0.1, 0.15) is 5.25 Å². The van der Waals surface area contributed by atoms with E-state index in [1.807, 2.05) is 19.9 Å². The number of anilines is 1. The fourth-order valence-corrected chi connectivity index (χ4v) is 2.47. The summed E-state index contributed by atoms with van der Waals surface area (Å²) < 4.78 is 11.8. The molecule has 1 N–H and O–H groups in total.